The monoisotopic (exact) mass is 231 g/mol. The molecule has 2 fully saturated rings. The van der Waals surface area contributed by atoms with E-state index in [2.05, 4.69) is 36.1 Å². The van der Waals surface area contributed by atoms with Crippen molar-refractivity contribution < 1.29 is 9.53 Å². The Morgan fingerprint density at radius 2 is 2.06 bits per heavy atom. The second kappa shape index (κ2) is 4.24. The van der Waals surface area contributed by atoms with Crippen LogP contribution in [0.3, 0.4) is 0 Å². The Labute approximate surface area is 101 Å². The minimum atomic E-state index is -0.181. The Kier molecular flexibility index (Phi) is 2.73. The molecule has 2 heterocycles. The Morgan fingerprint density at radius 1 is 1.29 bits per heavy atom. The first-order valence-corrected chi connectivity index (χ1v) is 6.20. The summed E-state index contributed by atoms with van der Waals surface area (Å²) in [6, 6.07) is 10.8. The van der Waals surface area contributed by atoms with Crippen LogP contribution in [0.15, 0.2) is 30.3 Å². The number of ether oxygens (including phenoxy) is 1. The smallest absolute Gasteiger partial charge is 0.169 e. The first-order valence-electron chi connectivity index (χ1n) is 6.20. The number of carbonyl (C=O) groups is 1. The predicted octanol–water partition coefficient (Wildman–Crippen LogP) is 1.65. The average molecular weight is 231 g/mol. The number of ketones is 1. The fourth-order valence-corrected chi connectivity index (χ4v) is 2.77. The van der Waals surface area contributed by atoms with Crippen molar-refractivity contribution >= 4 is 5.78 Å². The topological polar surface area (TPSA) is 29.5 Å². The Morgan fingerprint density at radius 3 is 2.76 bits per heavy atom. The molecule has 0 unspecified atom stereocenters. The van der Waals surface area contributed by atoms with Crippen LogP contribution >= 0.6 is 0 Å². The number of fused-ring (bicyclic) bond motifs is 2. The highest BCUT2D eigenvalue weighted by Gasteiger charge is 2.42. The third-order valence-corrected chi connectivity index (χ3v) is 3.90. The van der Waals surface area contributed by atoms with Gasteiger partial charge in [-0.2, -0.15) is 0 Å². The van der Waals surface area contributed by atoms with E-state index in [4.69, 9.17) is 4.74 Å². The average Bonchev–Trinajstić information content (AvgIpc) is 2.61. The Balaban J connectivity index is 1.76. The number of piperidine rings is 1. The van der Waals surface area contributed by atoms with Gasteiger partial charge in [0.2, 0.25) is 0 Å². The van der Waals surface area contributed by atoms with E-state index in [1.165, 1.54) is 5.56 Å². The molecule has 0 saturated carbocycles. The number of Topliss-reactive ketones (excluding diaryl/α,β-unsaturated/α-hetero) is 1. The molecule has 0 aromatic heterocycles. The molecule has 0 radical (unpaired) electrons. The van der Waals surface area contributed by atoms with Crippen LogP contribution in [0, 0.1) is 5.92 Å². The lowest BCUT2D eigenvalue weighted by Crippen LogP contribution is -2.46. The van der Waals surface area contributed by atoms with Crippen LogP contribution in [0.25, 0.3) is 0 Å². The van der Waals surface area contributed by atoms with Crippen LogP contribution in [0.1, 0.15) is 18.5 Å². The molecule has 2 aliphatic heterocycles. The number of carbonyl (C=O) groups excluding carboxylic acids is 1. The molecular weight excluding hydrogens is 214 g/mol. The van der Waals surface area contributed by atoms with Gasteiger partial charge in [0.15, 0.2) is 5.78 Å². The van der Waals surface area contributed by atoms with Crippen molar-refractivity contribution in [3.05, 3.63) is 35.9 Å². The van der Waals surface area contributed by atoms with Crippen molar-refractivity contribution in [2.45, 2.75) is 19.1 Å². The molecule has 0 N–H and O–H groups in total. The number of nitrogens with zero attached hydrogens (tertiary/aromatic N) is 1. The largest absolute Gasteiger partial charge is 0.368 e. The zero-order valence-corrected chi connectivity index (χ0v) is 10.0. The second-order valence-corrected chi connectivity index (χ2v) is 4.96. The molecule has 3 heteroatoms. The van der Waals surface area contributed by atoms with Crippen molar-refractivity contribution in [2.24, 2.45) is 5.92 Å². The number of benzene rings is 1. The van der Waals surface area contributed by atoms with E-state index in [-0.39, 0.29) is 12.0 Å². The van der Waals surface area contributed by atoms with Crippen molar-refractivity contribution in [1.82, 2.24) is 4.90 Å². The summed E-state index contributed by atoms with van der Waals surface area (Å²) in [5.41, 5.74) is 1.31. The molecule has 0 amide bonds. The molecule has 0 spiro atoms. The van der Waals surface area contributed by atoms with Gasteiger partial charge in [-0.3, -0.25) is 9.69 Å². The first kappa shape index (κ1) is 10.9. The van der Waals surface area contributed by atoms with E-state index in [0.717, 1.165) is 13.1 Å². The molecule has 3 rings (SSSR count). The summed E-state index contributed by atoms with van der Waals surface area (Å²) in [6.07, 6.45) is -0.181. The minimum absolute atomic E-state index is 0.0971. The number of likely N-dealkylation sites (tertiary alicyclic amines) is 1. The molecule has 2 bridgehead atoms. The molecule has 17 heavy (non-hydrogen) atoms. The minimum Gasteiger partial charge on any atom is -0.368 e. The van der Waals surface area contributed by atoms with Crippen LogP contribution in [-0.2, 0) is 9.53 Å². The maximum atomic E-state index is 11.7. The van der Waals surface area contributed by atoms with Gasteiger partial charge in [0, 0.05) is 19.1 Å². The number of hydrogen-bond acceptors (Lipinski definition) is 3. The standard InChI is InChI=1S/C14H17NO2/c1-10(11-5-3-2-4-6-11)15-7-12-9-17-13(8-15)14(12)16/h2-6,10,12-13H,7-9H2,1H3/t10-,12+,13+/m1/s1. The van der Waals surface area contributed by atoms with Crippen molar-refractivity contribution in [1.29, 1.82) is 0 Å². The SMILES string of the molecule is C[C@H](c1ccccc1)N1C[C@H]2CO[C@@H](C1)C2=O. The Bertz CT molecular complexity index is 401. The molecule has 90 valence electrons. The van der Waals surface area contributed by atoms with Crippen LogP contribution in [0.4, 0.5) is 0 Å². The van der Waals surface area contributed by atoms with Crippen molar-refractivity contribution in [3.63, 3.8) is 0 Å². The van der Waals surface area contributed by atoms with Crippen LogP contribution in [0.5, 0.6) is 0 Å². The molecule has 2 saturated heterocycles. The third kappa shape index (κ3) is 1.90. The highest BCUT2D eigenvalue weighted by molar-refractivity contribution is 5.88. The zero-order valence-electron chi connectivity index (χ0n) is 10.0. The van der Waals surface area contributed by atoms with Crippen LogP contribution < -0.4 is 0 Å². The Hall–Kier alpha value is -1.19. The maximum Gasteiger partial charge on any atom is 0.169 e. The fraction of sp³-hybridized carbons (Fsp3) is 0.500. The van der Waals surface area contributed by atoms with Crippen LogP contribution in [0.2, 0.25) is 0 Å². The van der Waals surface area contributed by atoms with Crippen LogP contribution in [-0.4, -0.2) is 36.5 Å². The molecule has 0 aliphatic carbocycles. The lowest BCUT2D eigenvalue weighted by atomic mass is 9.95. The highest BCUT2D eigenvalue weighted by atomic mass is 16.5. The molecular formula is C14H17NO2. The first-order chi connectivity index (χ1) is 8.25. The van der Waals surface area contributed by atoms with Crippen molar-refractivity contribution in [3.8, 4) is 0 Å². The van der Waals surface area contributed by atoms with Gasteiger partial charge in [0.05, 0.1) is 12.5 Å². The second-order valence-electron chi connectivity index (χ2n) is 4.96. The number of hydrogen-bond donors (Lipinski definition) is 0. The van der Waals surface area contributed by atoms with Gasteiger partial charge in [0.1, 0.15) is 6.10 Å². The molecule has 1 aromatic rings. The van der Waals surface area contributed by atoms with Gasteiger partial charge >= 0.3 is 0 Å². The summed E-state index contributed by atoms with van der Waals surface area (Å²) in [6.45, 7) is 4.39. The summed E-state index contributed by atoms with van der Waals surface area (Å²) in [7, 11) is 0. The maximum absolute atomic E-state index is 11.7. The van der Waals surface area contributed by atoms with Gasteiger partial charge in [-0.15, -0.1) is 0 Å². The zero-order chi connectivity index (χ0) is 11.8. The number of rotatable bonds is 2. The fourth-order valence-electron chi connectivity index (χ4n) is 2.77. The quantitative estimate of drug-likeness (QED) is 0.775. The van der Waals surface area contributed by atoms with Gasteiger partial charge in [-0.05, 0) is 12.5 Å². The highest BCUT2D eigenvalue weighted by Crippen LogP contribution is 2.29. The van der Waals surface area contributed by atoms with Gasteiger partial charge in [0.25, 0.3) is 0 Å². The summed E-state index contributed by atoms with van der Waals surface area (Å²) >= 11 is 0. The molecule has 3 nitrogen and oxygen atoms in total. The van der Waals surface area contributed by atoms with Gasteiger partial charge in [-0.1, -0.05) is 30.3 Å². The lowest BCUT2D eigenvalue weighted by Gasteiger charge is -2.34. The predicted molar refractivity (Wildman–Crippen MR) is 64.7 cm³/mol. The van der Waals surface area contributed by atoms with E-state index in [9.17, 15) is 4.79 Å². The summed E-state index contributed by atoms with van der Waals surface area (Å²) in [5.74, 6) is 0.404. The molecule has 1 aromatic carbocycles. The summed E-state index contributed by atoms with van der Waals surface area (Å²) in [4.78, 5) is 14.1. The van der Waals surface area contributed by atoms with E-state index in [1.807, 2.05) is 6.07 Å². The molecule has 2 aliphatic rings. The lowest BCUT2D eigenvalue weighted by molar-refractivity contribution is -0.128. The molecule has 3 atom stereocenters. The van der Waals surface area contributed by atoms with E-state index >= 15 is 0 Å². The summed E-state index contributed by atoms with van der Waals surface area (Å²) in [5, 5.41) is 0. The third-order valence-electron chi connectivity index (χ3n) is 3.90. The van der Waals surface area contributed by atoms with E-state index in [0.29, 0.717) is 18.4 Å². The van der Waals surface area contributed by atoms with Crippen molar-refractivity contribution in [2.75, 3.05) is 19.7 Å². The van der Waals surface area contributed by atoms with Gasteiger partial charge < -0.3 is 4.74 Å². The van der Waals surface area contributed by atoms with Gasteiger partial charge in [-0.25, -0.2) is 0 Å². The van der Waals surface area contributed by atoms with E-state index in [1.54, 1.807) is 0 Å². The normalized spacial score (nSPS) is 30.5. The summed E-state index contributed by atoms with van der Waals surface area (Å²) < 4.78 is 5.51. The van der Waals surface area contributed by atoms with E-state index < -0.39 is 0 Å².